The molecule has 128 valence electrons. The lowest BCUT2D eigenvalue weighted by Gasteiger charge is -2.11. The lowest BCUT2D eigenvalue weighted by molar-refractivity contribution is 0.251. The summed E-state index contributed by atoms with van der Waals surface area (Å²) < 4.78 is 27.5. The summed E-state index contributed by atoms with van der Waals surface area (Å²) in [4.78, 5) is 12.0. The first-order chi connectivity index (χ1) is 11.4. The molecule has 0 spiro atoms. The van der Waals surface area contributed by atoms with E-state index in [9.17, 15) is 13.2 Å². The van der Waals surface area contributed by atoms with Gasteiger partial charge in [0.25, 0.3) is 0 Å². The number of rotatable bonds is 6. The first-order valence-corrected chi connectivity index (χ1v) is 8.85. The third-order valence-electron chi connectivity index (χ3n) is 3.18. The Labute approximate surface area is 140 Å². The molecule has 0 radical (unpaired) electrons. The molecular weight excluding hydrogens is 330 g/mol. The number of anilines is 1. The Balaban J connectivity index is 1.96. The zero-order chi connectivity index (χ0) is 17.6. The van der Waals surface area contributed by atoms with Gasteiger partial charge in [-0.3, -0.25) is 0 Å². The van der Waals surface area contributed by atoms with Crippen molar-refractivity contribution in [3.8, 4) is 5.75 Å². The Morgan fingerprint density at radius 3 is 2.62 bits per heavy atom. The first kappa shape index (κ1) is 17.8. The number of para-hydroxylation sites is 1. The molecule has 0 bridgehead atoms. The summed E-state index contributed by atoms with van der Waals surface area (Å²) in [6, 6.07) is 13.5. The normalized spacial score (nSPS) is 10.9. The molecule has 0 aliphatic carbocycles. The Hall–Kier alpha value is -2.58. The molecule has 0 heterocycles. The summed E-state index contributed by atoms with van der Waals surface area (Å²) in [5, 5.41) is 10.4. The summed E-state index contributed by atoms with van der Waals surface area (Å²) in [5.41, 5.74) is 1.83. The monoisotopic (exact) mass is 349 g/mol. The fourth-order valence-corrected chi connectivity index (χ4v) is 2.82. The van der Waals surface area contributed by atoms with Gasteiger partial charge in [0.05, 0.1) is 12.9 Å². The molecular formula is C16H19N3O4S. The van der Waals surface area contributed by atoms with Crippen LogP contribution in [0.15, 0.2) is 48.5 Å². The van der Waals surface area contributed by atoms with Crippen LogP contribution in [0.1, 0.15) is 11.1 Å². The standard InChI is InChI=1S/C16H19N3O4S/c1-23-15-8-3-2-6-13(15)10-18-16(20)19-14-7-4-5-12(9-14)11-24(17,21)22/h2-9H,10-11H2,1H3,(H2,17,21,22)(H2,18,19,20). The van der Waals surface area contributed by atoms with E-state index in [0.29, 0.717) is 23.5 Å². The minimum absolute atomic E-state index is 0.286. The Morgan fingerprint density at radius 2 is 1.92 bits per heavy atom. The van der Waals surface area contributed by atoms with E-state index in [2.05, 4.69) is 10.6 Å². The third-order valence-corrected chi connectivity index (χ3v) is 3.92. The molecule has 0 aliphatic heterocycles. The lowest BCUT2D eigenvalue weighted by atomic mass is 10.2. The van der Waals surface area contributed by atoms with E-state index in [1.165, 1.54) is 0 Å². The maximum atomic E-state index is 12.0. The highest BCUT2D eigenvalue weighted by Gasteiger charge is 2.08. The van der Waals surface area contributed by atoms with Gasteiger partial charge in [0.2, 0.25) is 10.0 Å². The highest BCUT2D eigenvalue weighted by molar-refractivity contribution is 7.88. The molecule has 7 nitrogen and oxygen atoms in total. The van der Waals surface area contributed by atoms with Gasteiger partial charge in [0.1, 0.15) is 5.75 Å². The first-order valence-electron chi connectivity index (χ1n) is 7.13. The SMILES string of the molecule is COc1ccccc1CNC(=O)Nc1cccc(CS(N)(=O)=O)c1. The van der Waals surface area contributed by atoms with Crippen LogP contribution < -0.4 is 20.5 Å². The van der Waals surface area contributed by atoms with Crippen LogP contribution in [0, 0.1) is 0 Å². The predicted molar refractivity (Wildman–Crippen MR) is 92.1 cm³/mol. The van der Waals surface area contributed by atoms with E-state index in [4.69, 9.17) is 9.88 Å². The van der Waals surface area contributed by atoms with Gasteiger partial charge in [0, 0.05) is 17.8 Å². The number of amides is 2. The number of carbonyl (C=O) groups excluding carboxylic acids is 1. The van der Waals surface area contributed by atoms with Crippen molar-refractivity contribution in [2.45, 2.75) is 12.3 Å². The average molecular weight is 349 g/mol. The van der Waals surface area contributed by atoms with Crippen molar-refractivity contribution in [3.05, 3.63) is 59.7 Å². The van der Waals surface area contributed by atoms with Crippen molar-refractivity contribution in [2.75, 3.05) is 12.4 Å². The second kappa shape index (κ2) is 7.80. The number of hydrogen-bond donors (Lipinski definition) is 3. The molecule has 0 aliphatic rings. The summed E-state index contributed by atoms with van der Waals surface area (Å²) in [7, 11) is -2.05. The molecule has 24 heavy (non-hydrogen) atoms. The van der Waals surface area contributed by atoms with Gasteiger partial charge in [-0.25, -0.2) is 18.4 Å². The third kappa shape index (κ3) is 5.56. The van der Waals surface area contributed by atoms with Crippen molar-refractivity contribution in [1.82, 2.24) is 5.32 Å². The summed E-state index contributed by atoms with van der Waals surface area (Å²) >= 11 is 0. The largest absolute Gasteiger partial charge is 0.496 e. The second-order valence-electron chi connectivity index (χ2n) is 5.13. The summed E-state index contributed by atoms with van der Waals surface area (Å²) in [6.07, 6.45) is 0. The summed E-state index contributed by atoms with van der Waals surface area (Å²) in [6.45, 7) is 0.298. The Kier molecular flexibility index (Phi) is 5.78. The highest BCUT2D eigenvalue weighted by Crippen LogP contribution is 2.17. The molecule has 2 amide bonds. The molecule has 2 aromatic rings. The van der Waals surface area contributed by atoms with Gasteiger partial charge < -0.3 is 15.4 Å². The number of nitrogens with one attached hydrogen (secondary N) is 2. The molecule has 4 N–H and O–H groups in total. The maximum Gasteiger partial charge on any atom is 0.319 e. The molecule has 0 atom stereocenters. The minimum atomic E-state index is -3.62. The van der Waals surface area contributed by atoms with Gasteiger partial charge in [-0.05, 0) is 23.8 Å². The Bertz CT molecular complexity index is 822. The molecule has 8 heteroatoms. The topological polar surface area (TPSA) is 111 Å². The molecule has 0 fully saturated rings. The average Bonchev–Trinajstić information content (AvgIpc) is 2.52. The van der Waals surface area contributed by atoms with Gasteiger partial charge in [0.15, 0.2) is 0 Å². The highest BCUT2D eigenvalue weighted by atomic mass is 32.2. The zero-order valence-corrected chi connectivity index (χ0v) is 14.0. The predicted octanol–water partition coefficient (Wildman–Crippen LogP) is 1.81. The van der Waals surface area contributed by atoms with Crippen LogP contribution in [0.4, 0.5) is 10.5 Å². The van der Waals surface area contributed by atoms with Crippen LogP contribution in [0.5, 0.6) is 5.75 Å². The number of nitrogens with two attached hydrogens (primary N) is 1. The maximum absolute atomic E-state index is 12.0. The van der Waals surface area contributed by atoms with E-state index < -0.39 is 16.1 Å². The van der Waals surface area contributed by atoms with Gasteiger partial charge in [-0.2, -0.15) is 0 Å². The number of benzene rings is 2. The van der Waals surface area contributed by atoms with Crippen LogP contribution in [-0.4, -0.2) is 21.6 Å². The zero-order valence-electron chi connectivity index (χ0n) is 13.2. The number of carbonyl (C=O) groups is 1. The number of ether oxygens (including phenoxy) is 1. The number of primary sulfonamides is 1. The minimum Gasteiger partial charge on any atom is -0.496 e. The van der Waals surface area contributed by atoms with Crippen molar-refractivity contribution >= 4 is 21.7 Å². The van der Waals surface area contributed by atoms with Gasteiger partial charge >= 0.3 is 6.03 Å². The molecule has 2 rings (SSSR count). The van der Waals surface area contributed by atoms with E-state index >= 15 is 0 Å². The second-order valence-corrected chi connectivity index (χ2v) is 6.74. The fraction of sp³-hybridized carbons (Fsp3) is 0.188. The molecule has 0 aromatic heterocycles. The Morgan fingerprint density at radius 1 is 1.17 bits per heavy atom. The van der Waals surface area contributed by atoms with Crippen molar-refractivity contribution in [2.24, 2.45) is 5.14 Å². The summed E-state index contributed by atoms with van der Waals surface area (Å²) in [5.74, 6) is 0.402. The lowest BCUT2D eigenvalue weighted by Crippen LogP contribution is -2.28. The van der Waals surface area contributed by atoms with E-state index in [1.807, 2.05) is 24.3 Å². The van der Waals surface area contributed by atoms with Crippen molar-refractivity contribution < 1.29 is 17.9 Å². The van der Waals surface area contributed by atoms with Crippen LogP contribution >= 0.6 is 0 Å². The van der Waals surface area contributed by atoms with Gasteiger partial charge in [-0.15, -0.1) is 0 Å². The van der Waals surface area contributed by atoms with Gasteiger partial charge in [-0.1, -0.05) is 30.3 Å². The number of urea groups is 1. The number of methoxy groups -OCH3 is 1. The van der Waals surface area contributed by atoms with Crippen LogP contribution in [-0.2, 0) is 22.3 Å². The number of sulfonamides is 1. The van der Waals surface area contributed by atoms with Crippen molar-refractivity contribution in [3.63, 3.8) is 0 Å². The fourth-order valence-electron chi connectivity index (χ4n) is 2.17. The number of hydrogen-bond acceptors (Lipinski definition) is 4. The quantitative estimate of drug-likeness (QED) is 0.738. The van der Waals surface area contributed by atoms with E-state index in [0.717, 1.165) is 5.56 Å². The van der Waals surface area contributed by atoms with E-state index in [-0.39, 0.29) is 5.75 Å². The molecule has 2 aromatic carbocycles. The van der Waals surface area contributed by atoms with Crippen LogP contribution in [0.2, 0.25) is 0 Å². The molecule has 0 saturated carbocycles. The van der Waals surface area contributed by atoms with Crippen LogP contribution in [0.3, 0.4) is 0 Å². The van der Waals surface area contributed by atoms with Crippen molar-refractivity contribution in [1.29, 1.82) is 0 Å². The molecule has 0 unspecified atom stereocenters. The molecule has 0 saturated heterocycles. The smallest absolute Gasteiger partial charge is 0.319 e. The van der Waals surface area contributed by atoms with Crippen LogP contribution in [0.25, 0.3) is 0 Å². The van der Waals surface area contributed by atoms with E-state index in [1.54, 1.807) is 31.4 Å².